The Morgan fingerprint density at radius 1 is 1.42 bits per heavy atom. The van der Waals surface area contributed by atoms with Gasteiger partial charge in [0.1, 0.15) is 18.8 Å². The minimum absolute atomic E-state index is 0.0328. The molecule has 1 aliphatic rings. The summed E-state index contributed by atoms with van der Waals surface area (Å²) in [5, 5.41) is 24.5. The number of carbonyl (C=O) groups excluding carboxylic acids is 1. The lowest BCUT2D eigenvalue weighted by molar-refractivity contribution is 0.0612. The number of aromatic nitrogens is 3. The Morgan fingerprint density at radius 2 is 2.19 bits per heavy atom. The molecular weight excluding hydrogens is 350 g/mol. The van der Waals surface area contributed by atoms with Crippen LogP contribution in [0.2, 0.25) is 0 Å². The number of nitrogens with zero attached hydrogens (tertiary/aromatic N) is 5. The van der Waals surface area contributed by atoms with E-state index in [2.05, 4.69) is 14.7 Å². The summed E-state index contributed by atoms with van der Waals surface area (Å²) in [4.78, 5) is 41.2. The van der Waals surface area contributed by atoms with Crippen molar-refractivity contribution in [2.45, 2.75) is 6.54 Å². The molecule has 2 N–H and O–H groups in total. The van der Waals surface area contributed by atoms with E-state index in [1.165, 1.54) is 17.0 Å². The van der Waals surface area contributed by atoms with Crippen LogP contribution in [-0.2, 0) is 11.3 Å². The summed E-state index contributed by atoms with van der Waals surface area (Å²) in [6.07, 6.45) is 2.12. The van der Waals surface area contributed by atoms with Crippen molar-refractivity contribution in [1.82, 2.24) is 19.7 Å². The number of aromatic hydroxyl groups is 1. The third kappa shape index (κ3) is 2.97. The molecule has 0 saturated heterocycles. The van der Waals surface area contributed by atoms with Crippen molar-refractivity contribution >= 4 is 11.9 Å². The highest BCUT2D eigenvalue weighted by Gasteiger charge is 2.34. The third-order valence-electron chi connectivity index (χ3n) is 3.82. The largest absolute Gasteiger partial charge is 0.502 e. The van der Waals surface area contributed by atoms with Gasteiger partial charge in [-0.3, -0.25) is 19.3 Å². The zero-order valence-corrected chi connectivity index (χ0v) is 13.7. The fourth-order valence-corrected chi connectivity index (χ4v) is 2.57. The molecule has 0 unspecified atom stereocenters. The Labute approximate surface area is 145 Å². The Kier molecular flexibility index (Phi) is 4.58. The van der Waals surface area contributed by atoms with Crippen LogP contribution < -0.4 is 10.4 Å². The standard InChI is InChI=1S/C14H15N5O7/c1-25-3-2-17-7-18(5-9-15-6-26-16-9)19-4-8(14(23)24)11(20)12(21)10(19)13(17)22/h4,6,21H,2-3,5,7H2,1H3,(H,23,24). The van der Waals surface area contributed by atoms with Crippen LogP contribution in [0.15, 0.2) is 21.9 Å². The fraction of sp³-hybridized carbons (Fsp3) is 0.357. The molecule has 0 bridgehead atoms. The molecule has 0 radical (unpaired) electrons. The Bertz CT molecular complexity index is 892. The number of amides is 1. The second kappa shape index (κ2) is 6.84. The summed E-state index contributed by atoms with van der Waals surface area (Å²) >= 11 is 0. The van der Waals surface area contributed by atoms with Gasteiger partial charge in [-0.2, -0.15) is 4.98 Å². The highest BCUT2D eigenvalue weighted by Crippen LogP contribution is 2.22. The molecule has 138 valence electrons. The van der Waals surface area contributed by atoms with Gasteiger partial charge >= 0.3 is 5.97 Å². The van der Waals surface area contributed by atoms with Gasteiger partial charge in [-0.25, -0.2) is 4.79 Å². The summed E-state index contributed by atoms with van der Waals surface area (Å²) in [6, 6.07) is 0. The zero-order valence-electron chi connectivity index (χ0n) is 13.7. The average Bonchev–Trinajstić information content (AvgIpc) is 3.11. The molecule has 0 saturated carbocycles. The molecule has 0 aromatic carbocycles. The molecular formula is C14H15N5O7. The summed E-state index contributed by atoms with van der Waals surface area (Å²) < 4.78 is 10.8. The molecule has 1 amide bonds. The first kappa shape index (κ1) is 17.4. The summed E-state index contributed by atoms with van der Waals surface area (Å²) in [7, 11) is 1.47. The lowest BCUT2D eigenvalue weighted by Crippen LogP contribution is -2.54. The van der Waals surface area contributed by atoms with Crippen LogP contribution >= 0.6 is 0 Å². The van der Waals surface area contributed by atoms with Gasteiger partial charge in [0.15, 0.2) is 17.3 Å². The number of aromatic carboxylic acids is 1. The Balaban J connectivity index is 2.11. The van der Waals surface area contributed by atoms with E-state index < -0.39 is 28.6 Å². The Morgan fingerprint density at radius 3 is 2.81 bits per heavy atom. The normalized spacial score (nSPS) is 13.8. The number of ether oxygens (including phenoxy) is 1. The smallest absolute Gasteiger partial charge is 0.341 e. The van der Waals surface area contributed by atoms with E-state index in [-0.39, 0.29) is 37.9 Å². The van der Waals surface area contributed by atoms with Crippen LogP contribution in [0.4, 0.5) is 0 Å². The molecule has 0 atom stereocenters. The number of carboxylic acid groups (broad SMARTS) is 1. The van der Waals surface area contributed by atoms with Gasteiger partial charge in [0.05, 0.1) is 6.61 Å². The number of rotatable bonds is 6. The van der Waals surface area contributed by atoms with E-state index in [1.54, 1.807) is 0 Å². The number of hydrogen-bond acceptors (Lipinski definition) is 9. The highest BCUT2D eigenvalue weighted by atomic mass is 16.5. The minimum atomic E-state index is -1.52. The van der Waals surface area contributed by atoms with Crippen molar-refractivity contribution in [2.24, 2.45) is 0 Å². The molecule has 26 heavy (non-hydrogen) atoms. The molecule has 0 spiro atoms. The van der Waals surface area contributed by atoms with E-state index in [9.17, 15) is 24.6 Å². The van der Waals surface area contributed by atoms with Gasteiger partial charge < -0.3 is 24.4 Å². The van der Waals surface area contributed by atoms with Crippen molar-refractivity contribution in [1.29, 1.82) is 0 Å². The molecule has 3 rings (SSSR count). The lowest BCUT2D eigenvalue weighted by Gasteiger charge is -2.39. The number of pyridine rings is 1. The summed E-state index contributed by atoms with van der Waals surface area (Å²) in [5.74, 6) is -2.81. The quantitative estimate of drug-likeness (QED) is 0.641. The third-order valence-corrected chi connectivity index (χ3v) is 3.82. The topological polar surface area (TPSA) is 151 Å². The molecule has 0 aliphatic carbocycles. The first-order valence-corrected chi connectivity index (χ1v) is 7.44. The van der Waals surface area contributed by atoms with Crippen molar-refractivity contribution in [2.75, 3.05) is 31.9 Å². The van der Waals surface area contributed by atoms with E-state index >= 15 is 0 Å². The van der Waals surface area contributed by atoms with Crippen molar-refractivity contribution in [3.8, 4) is 5.75 Å². The molecule has 2 aromatic heterocycles. The number of carboxylic acids is 1. The fourth-order valence-electron chi connectivity index (χ4n) is 2.57. The van der Waals surface area contributed by atoms with Crippen molar-refractivity contribution in [3.05, 3.63) is 39.9 Å². The van der Waals surface area contributed by atoms with Gasteiger partial charge in [-0.05, 0) is 0 Å². The SMILES string of the molecule is COCCN1CN(Cc2ncon2)n2cc(C(=O)O)c(=O)c(O)c2C1=O. The maximum absolute atomic E-state index is 12.7. The van der Waals surface area contributed by atoms with Gasteiger partial charge in [-0.1, -0.05) is 5.16 Å². The van der Waals surface area contributed by atoms with E-state index in [0.717, 1.165) is 17.3 Å². The van der Waals surface area contributed by atoms with Crippen molar-refractivity contribution in [3.63, 3.8) is 0 Å². The molecule has 3 heterocycles. The lowest BCUT2D eigenvalue weighted by atomic mass is 10.2. The second-order valence-electron chi connectivity index (χ2n) is 5.43. The molecule has 12 heteroatoms. The maximum Gasteiger partial charge on any atom is 0.341 e. The number of methoxy groups -OCH3 is 1. The van der Waals surface area contributed by atoms with Gasteiger partial charge in [0, 0.05) is 19.9 Å². The predicted octanol–water partition coefficient (Wildman–Crippen LogP) is -1.17. The molecule has 2 aromatic rings. The van der Waals surface area contributed by atoms with E-state index in [4.69, 9.17) is 4.74 Å². The predicted molar refractivity (Wildman–Crippen MR) is 83.3 cm³/mol. The first-order valence-electron chi connectivity index (χ1n) is 7.44. The molecule has 1 aliphatic heterocycles. The van der Waals surface area contributed by atoms with Gasteiger partial charge in [0.25, 0.3) is 5.91 Å². The highest BCUT2D eigenvalue weighted by molar-refractivity contribution is 5.97. The van der Waals surface area contributed by atoms with Gasteiger partial charge in [-0.15, -0.1) is 0 Å². The first-order chi connectivity index (χ1) is 12.4. The van der Waals surface area contributed by atoms with E-state index in [0.29, 0.717) is 0 Å². The number of fused-ring (bicyclic) bond motifs is 1. The second-order valence-corrected chi connectivity index (χ2v) is 5.43. The van der Waals surface area contributed by atoms with Crippen LogP contribution in [0.25, 0.3) is 0 Å². The Hall–Kier alpha value is -3.41. The average molecular weight is 365 g/mol. The van der Waals surface area contributed by atoms with Crippen LogP contribution in [0.1, 0.15) is 26.7 Å². The van der Waals surface area contributed by atoms with Crippen LogP contribution in [0.5, 0.6) is 5.75 Å². The molecule has 0 fully saturated rings. The van der Waals surface area contributed by atoms with Crippen LogP contribution in [-0.4, -0.2) is 68.7 Å². The number of hydrogen-bond donors (Lipinski definition) is 2. The van der Waals surface area contributed by atoms with Crippen molar-refractivity contribution < 1.29 is 29.1 Å². The summed E-state index contributed by atoms with van der Waals surface area (Å²) in [5.41, 5.74) is -2.14. The van der Waals surface area contributed by atoms with E-state index in [1.807, 2.05) is 0 Å². The summed E-state index contributed by atoms with van der Waals surface area (Å²) in [6.45, 7) is 0.513. The zero-order chi connectivity index (χ0) is 18.8. The monoisotopic (exact) mass is 365 g/mol. The van der Waals surface area contributed by atoms with Gasteiger partial charge in [0.2, 0.25) is 11.8 Å². The molecule has 12 nitrogen and oxygen atoms in total. The minimum Gasteiger partial charge on any atom is -0.502 e. The van der Waals surface area contributed by atoms with Crippen LogP contribution in [0, 0.1) is 0 Å². The van der Waals surface area contributed by atoms with Crippen LogP contribution in [0.3, 0.4) is 0 Å². The maximum atomic E-state index is 12.7. The number of carbonyl (C=O) groups is 2.